The Morgan fingerprint density at radius 3 is 2.21 bits per heavy atom. The lowest BCUT2D eigenvalue weighted by Gasteiger charge is -2.15. The zero-order chi connectivity index (χ0) is 14.2. The highest BCUT2D eigenvalue weighted by atomic mass is 19.1. The van der Waals surface area contributed by atoms with Gasteiger partial charge in [-0.15, -0.1) is 0 Å². The molecule has 1 aromatic carbocycles. The average molecular weight is 270 g/mol. The Morgan fingerprint density at radius 2 is 1.68 bits per heavy atom. The average Bonchev–Trinajstić information content (AvgIpc) is 2.25. The Morgan fingerprint density at radius 1 is 1.11 bits per heavy atom. The van der Waals surface area contributed by atoms with Crippen LogP contribution in [0.2, 0.25) is 0 Å². The molecule has 0 heterocycles. The number of allylic oxidation sites excluding steroid dienone is 4. The minimum atomic E-state index is -1.05. The zero-order valence-corrected chi connectivity index (χ0v) is 10.1. The van der Waals surface area contributed by atoms with Gasteiger partial charge >= 0.3 is 0 Å². The summed E-state index contributed by atoms with van der Waals surface area (Å²) in [6.07, 6.45) is 0.709. The third-order valence-electron chi connectivity index (χ3n) is 2.52. The summed E-state index contributed by atoms with van der Waals surface area (Å²) in [6.45, 7) is 4.90. The van der Waals surface area contributed by atoms with Crippen LogP contribution in [0.3, 0.4) is 0 Å². The lowest BCUT2D eigenvalue weighted by molar-refractivity contribution is 0.334. The van der Waals surface area contributed by atoms with Gasteiger partial charge in [-0.3, -0.25) is 0 Å². The third-order valence-corrected chi connectivity index (χ3v) is 2.52. The molecule has 0 bridgehead atoms. The van der Waals surface area contributed by atoms with Gasteiger partial charge in [-0.2, -0.15) is 0 Å². The minimum absolute atomic E-state index is 0.215. The van der Waals surface area contributed by atoms with Crippen molar-refractivity contribution >= 4 is 0 Å². The first-order valence-corrected chi connectivity index (χ1v) is 5.46. The van der Waals surface area contributed by atoms with Gasteiger partial charge in [0.1, 0.15) is 5.83 Å². The van der Waals surface area contributed by atoms with Crippen molar-refractivity contribution in [3.05, 3.63) is 65.0 Å². The van der Waals surface area contributed by atoms with E-state index >= 15 is 0 Å². The van der Waals surface area contributed by atoms with Crippen molar-refractivity contribution in [2.45, 2.75) is 13.3 Å². The summed E-state index contributed by atoms with van der Waals surface area (Å²) in [5.41, 5.74) is 0.553. The number of ether oxygens (including phenoxy) is 1. The summed E-state index contributed by atoms with van der Waals surface area (Å²) in [5, 5.41) is 0. The van der Waals surface area contributed by atoms with Gasteiger partial charge in [-0.25, -0.2) is 17.6 Å². The van der Waals surface area contributed by atoms with E-state index in [1.807, 2.05) is 0 Å². The van der Waals surface area contributed by atoms with Crippen LogP contribution < -0.4 is 4.74 Å². The number of benzene rings is 1. The zero-order valence-electron chi connectivity index (χ0n) is 10.1. The Labute approximate surface area is 107 Å². The quantitative estimate of drug-likeness (QED) is 0.711. The number of hydrogen-bond donors (Lipinski definition) is 0. The molecule has 1 aliphatic carbocycles. The van der Waals surface area contributed by atoms with Crippen LogP contribution >= 0.6 is 0 Å². The Bertz CT molecular complexity index is 591. The van der Waals surface area contributed by atoms with Crippen molar-refractivity contribution in [2.24, 2.45) is 0 Å². The fourth-order valence-electron chi connectivity index (χ4n) is 1.70. The van der Waals surface area contributed by atoms with Gasteiger partial charge in [0, 0.05) is 6.42 Å². The monoisotopic (exact) mass is 270 g/mol. The first-order chi connectivity index (χ1) is 8.88. The minimum Gasteiger partial charge on any atom is -0.445 e. The molecule has 19 heavy (non-hydrogen) atoms. The largest absolute Gasteiger partial charge is 0.445 e. The molecule has 0 atom stereocenters. The second kappa shape index (κ2) is 4.91. The van der Waals surface area contributed by atoms with Crippen LogP contribution in [0.1, 0.15) is 12.0 Å². The highest BCUT2D eigenvalue weighted by molar-refractivity contribution is 5.41. The number of aryl methyl sites for hydroxylation is 1. The van der Waals surface area contributed by atoms with E-state index in [9.17, 15) is 17.6 Å². The molecule has 0 unspecified atom stereocenters. The molecular weight excluding hydrogens is 260 g/mol. The standard InChI is InChI=1S/C14H10F4O/c1-7-3-9(15)13(10(16)4-7)19-14-11(17)5-8(2)6-12(14)18/h3,5-6H,1,4H2,2H3. The van der Waals surface area contributed by atoms with Crippen molar-refractivity contribution in [3.8, 4) is 5.75 Å². The smallest absolute Gasteiger partial charge is 0.198 e. The van der Waals surface area contributed by atoms with Crippen LogP contribution in [0.4, 0.5) is 17.6 Å². The first-order valence-electron chi connectivity index (χ1n) is 5.46. The van der Waals surface area contributed by atoms with Crippen LogP contribution in [0.15, 0.2) is 47.8 Å². The third kappa shape index (κ3) is 2.70. The molecule has 0 aromatic heterocycles. The van der Waals surface area contributed by atoms with Gasteiger partial charge in [-0.05, 0) is 36.3 Å². The molecule has 0 radical (unpaired) electrons. The summed E-state index contributed by atoms with van der Waals surface area (Å²) in [4.78, 5) is 0. The Hall–Kier alpha value is -2.04. The van der Waals surface area contributed by atoms with Crippen molar-refractivity contribution in [1.82, 2.24) is 0 Å². The molecule has 5 heteroatoms. The molecule has 0 aliphatic heterocycles. The Balaban J connectivity index is 2.40. The second-order valence-corrected chi connectivity index (χ2v) is 4.22. The van der Waals surface area contributed by atoms with Crippen LogP contribution in [-0.4, -0.2) is 0 Å². The lowest BCUT2D eigenvalue weighted by atomic mass is 10.1. The lowest BCUT2D eigenvalue weighted by Crippen LogP contribution is -2.07. The summed E-state index contributed by atoms with van der Waals surface area (Å²) < 4.78 is 58.8. The second-order valence-electron chi connectivity index (χ2n) is 4.22. The highest BCUT2D eigenvalue weighted by Gasteiger charge is 2.23. The molecule has 2 rings (SSSR count). The molecule has 0 saturated heterocycles. The maximum atomic E-state index is 13.5. The molecule has 100 valence electrons. The predicted molar refractivity (Wildman–Crippen MR) is 62.8 cm³/mol. The van der Waals surface area contributed by atoms with Crippen LogP contribution in [-0.2, 0) is 0 Å². The first kappa shape index (κ1) is 13.4. The summed E-state index contributed by atoms with van der Waals surface area (Å²) in [7, 11) is 0. The van der Waals surface area contributed by atoms with E-state index in [0.29, 0.717) is 5.56 Å². The van der Waals surface area contributed by atoms with Gasteiger partial charge in [-0.1, -0.05) is 6.58 Å². The van der Waals surface area contributed by atoms with Crippen LogP contribution in [0.5, 0.6) is 5.75 Å². The summed E-state index contributed by atoms with van der Waals surface area (Å²) in [6, 6.07) is 2.03. The molecule has 1 aliphatic rings. The molecule has 0 fully saturated rings. The summed E-state index contributed by atoms with van der Waals surface area (Å²) >= 11 is 0. The maximum absolute atomic E-state index is 13.5. The van der Waals surface area contributed by atoms with Crippen LogP contribution in [0, 0.1) is 18.6 Å². The van der Waals surface area contributed by atoms with E-state index in [2.05, 4.69) is 6.58 Å². The van der Waals surface area contributed by atoms with E-state index in [1.165, 1.54) is 6.92 Å². The number of hydrogen-bond acceptors (Lipinski definition) is 1. The van der Waals surface area contributed by atoms with Crippen molar-refractivity contribution in [1.29, 1.82) is 0 Å². The normalized spacial score (nSPS) is 15.6. The van der Waals surface area contributed by atoms with Gasteiger partial charge in [0.15, 0.2) is 29.0 Å². The molecule has 0 spiro atoms. The molecular formula is C14H10F4O. The molecule has 0 amide bonds. The molecule has 1 aromatic rings. The van der Waals surface area contributed by atoms with Gasteiger partial charge in [0.25, 0.3) is 0 Å². The van der Waals surface area contributed by atoms with Crippen molar-refractivity contribution in [3.63, 3.8) is 0 Å². The van der Waals surface area contributed by atoms with E-state index in [4.69, 9.17) is 4.74 Å². The number of rotatable bonds is 2. The van der Waals surface area contributed by atoms with E-state index in [0.717, 1.165) is 18.2 Å². The summed E-state index contributed by atoms with van der Waals surface area (Å²) in [5.74, 6) is -5.68. The fraction of sp³-hybridized carbons (Fsp3) is 0.143. The highest BCUT2D eigenvalue weighted by Crippen LogP contribution is 2.33. The predicted octanol–water partition coefficient (Wildman–Crippen LogP) is 4.65. The van der Waals surface area contributed by atoms with Gasteiger partial charge in [0.2, 0.25) is 0 Å². The Kier molecular flexibility index (Phi) is 3.46. The van der Waals surface area contributed by atoms with E-state index in [1.54, 1.807) is 0 Å². The SMILES string of the molecule is C=C1C=C(F)C(Oc2c(F)cc(C)cc2F)=C(F)C1. The number of halogens is 4. The van der Waals surface area contributed by atoms with Gasteiger partial charge in [0.05, 0.1) is 0 Å². The maximum Gasteiger partial charge on any atom is 0.198 e. The fourth-order valence-corrected chi connectivity index (χ4v) is 1.70. The van der Waals surface area contributed by atoms with E-state index in [-0.39, 0.29) is 12.0 Å². The molecule has 0 N–H and O–H groups in total. The van der Waals surface area contributed by atoms with E-state index < -0.39 is 34.8 Å². The van der Waals surface area contributed by atoms with Gasteiger partial charge < -0.3 is 4.74 Å². The molecule has 1 nitrogen and oxygen atoms in total. The van der Waals surface area contributed by atoms with Crippen molar-refractivity contribution in [2.75, 3.05) is 0 Å². The van der Waals surface area contributed by atoms with Crippen molar-refractivity contribution < 1.29 is 22.3 Å². The van der Waals surface area contributed by atoms with Crippen LogP contribution in [0.25, 0.3) is 0 Å². The molecule has 0 saturated carbocycles. The topological polar surface area (TPSA) is 9.23 Å².